The maximum absolute atomic E-state index is 5.26. The second kappa shape index (κ2) is 4.53. The summed E-state index contributed by atoms with van der Waals surface area (Å²) < 4.78 is 10.3. The molecular weight excluding hydrogens is 184 g/mol. The summed E-state index contributed by atoms with van der Waals surface area (Å²) in [5.74, 6) is 0.879. The molecule has 0 aliphatic rings. The molecule has 13 heavy (non-hydrogen) atoms. The summed E-state index contributed by atoms with van der Waals surface area (Å²) in [5, 5.41) is 0. The van der Waals surface area contributed by atoms with E-state index in [4.69, 9.17) is 8.92 Å². The van der Waals surface area contributed by atoms with Gasteiger partial charge in [0.1, 0.15) is 5.75 Å². The molecular formula is C10H14O2S. The van der Waals surface area contributed by atoms with E-state index in [1.807, 2.05) is 6.07 Å². The second-order valence-corrected chi connectivity index (χ2v) is 3.77. The first-order valence-corrected chi connectivity index (χ1v) is 4.79. The average Bonchev–Trinajstić information content (AvgIpc) is 2.09. The SMILES string of the molecule is COSc1c(C)cc(C)cc1OC. The van der Waals surface area contributed by atoms with Crippen molar-refractivity contribution in [3.05, 3.63) is 23.3 Å². The first kappa shape index (κ1) is 10.4. The van der Waals surface area contributed by atoms with Gasteiger partial charge in [-0.1, -0.05) is 6.07 Å². The molecule has 0 bridgehead atoms. The molecule has 0 heterocycles. The van der Waals surface area contributed by atoms with Gasteiger partial charge in [0.25, 0.3) is 0 Å². The average molecular weight is 198 g/mol. The van der Waals surface area contributed by atoms with E-state index in [0.29, 0.717) is 0 Å². The van der Waals surface area contributed by atoms with Gasteiger partial charge in [0, 0.05) is 12.0 Å². The van der Waals surface area contributed by atoms with Crippen molar-refractivity contribution in [2.24, 2.45) is 0 Å². The molecule has 0 aliphatic heterocycles. The molecule has 0 spiro atoms. The predicted octanol–water partition coefficient (Wildman–Crippen LogP) is 2.97. The highest BCUT2D eigenvalue weighted by Gasteiger charge is 2.07. The lowest BCUT2D eigenvalue weighted by atomic mass is 10.1. The highest BCUT2D eigenvalue weighted by atomic mass is 32.2. The van der Waals surface area contributed by atoms with E-state index in [1.54, 1.807) is 14.2 Å². The molecule has 0 aromatic heterocycles. The summed E-state index contributed by atoms with van der Waals surface area (Å²) in [4.78, 5) is 1.05. The fourth-order valence-electron chi connectivity index (χ4n) is 1.26. The highest BCUT2D eigenvalue weighted by Crippen LogP contribution is 2.33. The molecule has 0 atom stereocenters. The highest BCUT2D eigenvalue weighted by molar-refractivity contribution is 7.94. The Morgan fingerprint density at radius 2 is 1.85 bits per heavy atom. The molecule has 0 N–H and O–H groups in total. The molecule has 0 radical (unpaired) electrons. The quantitative estimate of drug-likeness (QED) is 0.696. The van der Waals surface area contributed by atoms with Crippen LogP contribution >= 0.6 is 12.0 Å². The summed E-state index contributed by atoms with van der Waals surface area (Å²) in [5.41, 5.74) is 2.39. The first-order chi connectivity index (χ1) is 6.19. The molecule has 1 aromatic rings. The van der Waals surface area contributed by atoms with Crippen LogP contribution in [0.5, 0.6) is 5.75 Å². The predicted molar refractivity (Wildman–Crippen MR) is 55.3 cm³/mol. The van der Waals surface area contributed by atoms with E-state index < -0.39 is 0 Å². The van der Waals surface area contributed by atoms with Gasteiger partial charge in [-0.05, 0) is 31.0 Å². The van der Waals surface area contributed by atoms with Crippen LogP contribution in [-0.2, 0) is 4.18 Å². The zero-order valence-corrected chi connectivity index (χ0v) is 9.20. The van der Waals surface area contributed by atoms with Gasteiger partial charge in [-0.15, -0.1) is 0 Å². The van der Waals surface area contributed by atoms with Crippen LogP contribution in [0.3, 0.4) is 0 Å². The molecule has 0 aliphatic carbocycles. The van der Waals surface area contributed by atoms with Crippen LogP contribution in [0.4, 0.5) is 0 Å². The largest absolute Gasteiger partial charge is 0.495 e. The van der Waals surface area contributed by atoms with Crippen molar-refractivity contribution < 1.29 is 8.92 Å². The molecule has 0 saturated carbocycles. The monoisotopic (exact) mass is 198 g/mol. The van der Waals surface area contributed by atoms with E-state index in [9.17, 15) is 0 Å². The zero-order valence-electron chi connectivity index (χ0n) is 8.38. The third-order valence-electron chi connectivity index (χ3n) is 1.77. The maximum atomic E-state index is 5.26. The Hall–Kier alpha value is -0.670. The number of hydrogen-bond donors (Lipinski definition) is 0. The van der Waals surface area contributed by atoms with Crippen LogP contribution in [0, 0.1) is 13.8 Å². The third kappa shape index (κ3) is 2.39. The molecule has 0 unspecified atom stereocenters. The maximum Gasteiger partial charge on any atom is 0.135 e. The van der Waals surface area contributed by atoms with E-state index in [0.717, 1.165) is 10.6 Å². The molecule has 0 fully saturated rings. The molecule has 0 saturated heterocycles. The van der Waals surface area contributed by atoms with Gasteiger partial charge in [-0.25, -0.2) is 0 Å². The van der Waals surface area contributed by atoms with Crippen LogP contribution in [-0.4, -0.2) is 14.2 Å². The van der Waals surface area contributed by atoms with Crippen LogP contribution in [0.2, 0.25) is 0 Å². The van der Waals surface area contributed by atoms with E-state index >= 15 is 0 Å². The molecule has 1 aromatic carbocycles. The molecule has 0 amide bonds. The van der Waals surface area contributed by atoms with E-state index in [-0.39, 0.29) is 0 Å². The number of aryl methyl sites for hydroxylation is 2. The summed E-state index contributed by atoms with van der Waals surface area (Å²) in [6.45, 7) is 4.10. The number of ether oxygens (including phenoxy) is 1. The van der Waals surface area contributed by atoms with Crippen molar-refractivity contribution in [1.82, 2.24) is 0 Å². The van der Waals surface area contributed by atoms with Crippen LogP contribution in [0.1, 0.15) is 11.1 Å². The topological polar surface area (TPSA) is 18.5 Å². The normalized spacial score (nSPS) is 10.2. The van der Waals surface area contributed by atoms with Crippen molar-refractivity contribution in [3.8, 4) is 5.75 Å². The van der Waals surface area contributed by atoms with Crippen molar-refractivity contribution in [2.45, 2.75) is 18.7 Å². The molecule has 72 valence electrons. The van der Waals surface area contributed by atoms with Gasteiger partial charge in [-0.3, -0.25) is 0 Å². The van der Waals surface area contributed by atoms with Crippen LogP contribution in [0.25, 0.3) is 0 Å². The van der Waals surface area contributed by atoms with Gasteiger partial charge in [0.05, 0.1) is 19.1 Å². The number of rotatable bonds is 3. The van der Waals surface area contributed by atoms with Gasteiger partial charge >= 0.3 is 0 Å². The Bertz CT molecular complexity index is 297. The van der Waals surface area contributed by atoms with Gasteiger partial charge in [-0.2, -0.15) is 0 Å². The summed E-state index contributed by atoms with van der Waals surface area (Å²) in [6, 6.07) is 4.12. The van der Waals surface area contributed by atoms with Crippen molar-refractivity contribution >= 4 is 12.0 Å². The van der Waals surface area contributed by atoms with E-state index in [2.05, 4.69) is 19.9 Å². The van der Waals surface area contributed by atoms with Crippen molar-refractivity contribution in [2.75, 3.05) is 14.2 Å². The Labute approximate surface area is 83.5 Å². The number of methoxy groups -OCH3 is 1. The Balaban J connectivity index is 3.13. The number of hydrogen-bond acceptors (Lipinski definition) is 3. The molecule has 2 nitrogen and oxygen atoms in total. The van der Waals surface area contributed by atoms with Crippen molar-refractivity contribution in [3.63, 3.8) is 0 Å². The fourth-order valence-corrected chi connectivity index (χ4v) is 1.84. The number of benzene rings is 1. The summed E-state index contributed by atoms with van der Waals surface area (Å²) >= 11 is 1.34. The molecule has 3 heteroatoms. The van der Waals surface area contributed by atoms with Gasteiger partial charge < -0.3 is 8.92 Å². The zero-order chi connectivity index (χ0) is 9.84. The second-order valence-electron chi connectivity index (χ2n) is 2.86. The minimum Gasteiger partial charge on any atom is -0.495 e. The van der Waals surface area contributed by atoms with Gasteiger partial charge in [0.2, 0.25) is 0 Å². The summed E-state index contributed by atoms with van der Waals surface area (Å²) in [7, 11) is 3.33. The first-order valence-electron chi connectivity index (χ1n) is 4.05. The lowest BCUT2D eigenvalue weighted by molar-refractivity contribution is 0.401. The lowest BCUT2D eigenvalue weighted by Gasteiger charge is -2.10. The third-order valence-corrected chi connectivity index (χ3v) is 2.63. The molecule has 1 rings (SSSR count). The van der Waals surface area contributed by atoms with E-state index in [1.165, 1.54) is 23.2 Å². The standard InChI is InChI=1S/C10H14O2S/c1-7-5-8(2)10(13-12-4)9(6-7)11-3/h5-6H,1-4H3. The fraction of sp³-hybridized carbons (Fsp3) is 0.400. The van der Waals surface area contributed by atoms with Crippen molar-refractivity contribution in [1.29, 1.82) is 0 Å². The lowest BCUT2D eigenvalue weighted by Crippen LogP contribution is -1.91. The van der Waals surface area contributed by atoms with Crippen LogP contribution < -0.4 is 4.74 Å². The summed E-state index contributed by atoms with van der Waals surface area (Å²) in [6.07, 6.45) is 0. The Morgan fingerprint density at radius 1 is 1.15 bits per heavy atom. The Morgan fingerprint density at radius 3 is 2.38 bits per heavy atom. The minimum absolute atomic E-state index is 0.879. The Kier molecular flexibility index (Phi) is 3.63. The smallest absolute Gasteiger partial charge is 0.135 e. The van der Waals surface area contributed by atoms with Gasteiger partial charge in [0.15, 0.2) is 0 Å². The van der Waals surface area contributed by atoms with Crippen LogP contribution in [0.15, 0.2) is 17.0 Å². The minimum atomic E-state index is 0.879.